The number of nitrogens with two attached hydrogens (primary N) is 2. The second kappa shape index (κ2) is 37.1. The summed E-state index contributed by atoms with van der Waals surface area (Å²) in [5.74, 6) is -5.58. The highest BCUT2D eigenvalue weighted by Gasteiger charge is 2.51. The number of carbonyl (C=O) groups is 2. The Bertz CT molecular complexity index is 1980. The van der Waals surface area contributed by atoms with Crippen molar-refractivity contribution < 1.29 is 96.5 Å². The molecule has 0 aromatic rings. The number of halogens is 1. The summed E-state index contributed by atoms with van der Waals surface area (Å²) >= 11 is 0. The predicted octanol–water partition coefficient (Wildman–Crippen LogP) is -2.51. The molecule has 460 valence electrons. The smallest absolute Gasteiger partial charge is 0.308 e. The number of carbonyl (C=O) groups excluding carboxylic acids is 2. The minimum absolute atomic E-state index is 0. The highest BCUT2D eigenvalue weighted by molar-refractivity contribution is 5.80. The van der Waals surface area contributed by atoms with Crippen molar-refractivity contribution in [3.8, 4) is 0 Å². The Kier molecular flexibility index (Phi) is 33.8. The first kappa shape index (κ1) is 72.8. The fraction of sp³-hybridized carbons (Fsp3) is 0.724. The summed E-state index contributed by atoms with van der Waals surface area (Å²) in [5.41, 5.74) is 11.7. The van der Waals surface area contributed by atoms with Crippen molar-refractivity contribution in [1.29, 1.82) is 0 Å². The summed E-state index contributed by atoms with van der Waals surface area (Å²) in [6, 6.07) is -0.846. The summed E-state index contributed by atoms with van der Waals surface area (Å²) < 4.78 is 25.1. The molecule has 0 aromatic carbocycles. The highest BCUT2D eigenvalue weighted by atomic mass is 35.5. The van der Waals surface area contributed by atoms with Crippen LogP contribution in [0.15, 0.2) is 85.1 Å². The van der Waals surface area contributed by atoms with Crippen LogP contribution in [0.2, 0.25) is 0 Å². The number of fused-ring (bicyclic) bond motifs is 2. The Morgan fingerprint density at radius 1 is 0.700 bits per heavy atom. The molecule has 0 saturated carbocycles. The molecule has 19 atom stereocenters. The van der Waals surface area contributed by atoms with Gasteiger partial charge in [-0.05, 0) is 72.1 Å². The number of rotatable bonds is 13. The molecule has 2 saturated heterocycles. The van der Waals surface area contributed by atoms with E-state index in [1.807, 2.05) is 87.7 Å². The van der Waals surface area contributed by atoms with Gasteiger partial charge in [0.25, 0.3) is 0 Å². The van der Waals surface area contributed by atoms with Crippen LogP contribution in [-0.2, 0) is 28.5 Å². The maximum atomic E-state index is 14.1. The molecule has 15 N–H and O–H groups in total. The van der Waals surface area contributed by atoms with Gasteiger partial charge >= 0.3 is 5.97 Å². The Labute approximate surface area is 481 Å². The van der Waals surface area contributed by atoms with E-state index in [1.54, 1.807) is 51.2 Å². The van der Waals surface area contributed by atoms with Crippen molar-refractivity contribution in [3.05, 3.63) is 85.1 Å². The number of nitrogens with zero attached hydrogens (tertiary/aromatic N) is 2. The Balaban J connectivity index is 0.0000219. The molecule has 3 rings (SSSR count). The van der Waals surface area contributed by atoms with Crippen LogP contribution >= 0.6 is 0 Å². The van der Waals surface area contributed by atoms with Crippen LogP contribution in [0.3, 0.4) is 0 Å². The van der Waals surface area contributed by atoms with Gasteiger partial charge in [-0.3, -0.25) is 14.5 Å². The normalized spacial score (nSPS) is 39.3. The molecule has 1 amide bonds. The predicted molar refractivity (Wildman–Crippen MR) is 300 cm³/mol. The first-order chi connectivity index (χ1) is 37.3. The molecule has 0 spiro atoms. The average molecular weight is 1160 g/mol. The third-order valence-electron chi connectivity index (χ3n) is 14.8. The zero-order chi connectivity index (χ0) is 58.9. The third-order valence-corrected chi connectivity index (χ3v) is 14.8. The van der Waals surface area contributed by atoms with Crippen molar-refractivity contribution in [2.24, 2.45) is 29.2 Å². The quantitative estimate of drug-likeness (QED) is 0.0669. The lowest BCUT2D eigenvalue weighted by molar-refractivity contribution is -0.869. The van der Waals surface area contributed by atoms with E-state index in [-0.39, 0.29) is 50.6 Å². The topological polar surface area (TPSA) is 341 Å². The second-order valence-corrected chi connectivity index (χ2v) is 22.8. The number of likely N-dealkylation sites (N-methyl/N-ethyl adjacent to an activating group) is 1. The van der Waals surface area contributed by atoms with Crippen LogP contribution < -0.4 is 29.2 Å². The van der Waals surface area contributed by atoms with E-state index >= 15 is 0 Å². The molecule has 80 heavy (non-hydrogen) atoms. The van der Waals surface area contributed by atoms with Crippen molar-refractivity contribution in [3.63, 3.8) is 0 Å². The van der Waals surface area contributed by atoms with E-state index in [0.29, 0.717) is 50.0 Å². The number of aliphatic hydroxyl groups excluding tert-OH is 9. The van der Waals surface area contributed by atoms with E-state index in [9.17, 15) is 60.7 Å². The lowest BCUT2D eigenvalue weighted by atomic mass is 9.82. The first-order valence-corrected chi connectivity index (χ1v) is 28.2. The van der Waals surface area contributed by atoms with E-state index in [1.165, 1.54) is 0 Å². The zero-order valence-corrected chi connectivity index (χ0v) is 48.9. The van der Waals surface area contributed by atoms with Gasteiger partial charge in [-0.25, -0.2) is 0 Å². The summed E-state index contributed by atoms with van der Waals surface area (Å²) in [5, 5.41) is 116. The van der Waals surface area contributed by atoms with Crippen LogP contribution in [0.25, 0.3) is 0 Å². The van der Waals surface area contributed by atoms with Gasteiger partial charge in [0, 0.05) is 37.5 Å². The van der Waals surface area contributed by atoms with Gasteiger partial charge < -0.3 is 104 Å². The molecular weight excluding hydrogens is 1060 g/mol. The largest absolute Gasteiger partial charge is 1.00 e. The minimum atomic E-state index is -2.28. The van der Waals surface area contributed by atoms with E-state index in [0.717, 1.165) is 0 Å². The molecule has 2 bridgehead atoms. The van der Waals surface area contributed by atoms with Crippen LogP contribution in [0.5, 0.6) is 0 Å². The molecule has 2 fully saturated rings. The zero-order valence-electron chi connectivity index (χ0n) is 48.1. The lowest BCUT2D eigenvalue weighted by Gasteiger charge is -2.48. The van der Waals surface area contributed by atoms with Gasteiger partial charge in [0.1, 0.15) is 12.2 Å². The van der Waals surface area contributed by atoms with Crippen molar-refractivity contribution >= 4 is 11.9 Å². The number of nitrogens with one attached hydrogen (secondary N) is 1. The van der Waals surface area contributed by atoms with Crippen LogP contribution in [0, 0.1) is 17.8 Å². The van der Waals surface area contributed by atoms with Gasteiger partial charge in [-0.2, -0.15) is 0 Å². The number of ether oxygens (including phenoxy) is 4. The molecule has 21 nitrogen and oxygen atoms in total. The maximum absolute atomic E-state index is 14.1. The van der Waals surface area contributed by atoms with Gasteiger partial charge in [-0.15, -0.1) is 0 Å². The van der Waals surface area contributed by atoms with E-state index < -0.39 is 147 Å². The monoisotopic (exact) mass is 1160 g/mol. The molecule has 0 unspecified atom stereocenters. The molecule has 3 aliphatic rings. The summed E-state index contributed by atoms with van der Waals surface area (Å²) in [4.78, 5) is 28.8. The molecule has 22 heteroatoms. The number of hydrogen-bond donors (Lipinski definition) is 13. The summed E-state index contributed by atoms with van der Waals surface area (Å²) in [7, 11) is 5.87. The van der Waals surface area contributed by atoms with Crippen LogP contribution in [0.4, 0.5) is 0 Å². The van der Waals surface area contributed by atoms with E-state index in [4.69, 9.17) is 30.4 Å². The Hall–Kier alpha value is -3.27. The summed E-state index contributed by atoms with van der Waals surface area (Å²) in [6.07, 6.45) is 6.34. The maximum Gasteiger partial charge on any atom is 0.308 e. The standard InChI is InChI=1S/C58H99N5O16.ClH/c1-38-22-18-16-14-12-10-8-9-11-13-15-17-19-23-45(78-57-55(73)52(54(72)41(4)77-57)62(29-20-26-59)30-21-27-60)35-49-51(56(74)61-28-31-63(5,6)7)48(69)37-58(75,79-49)36-44(66)33-47(68)46(67)25-24-42(64)32-43(65)34-50(70)76-40(3)39(2)53(38)71;/h8-19,22-23,38-49,51-55,57,64-69,71-73,75H,20-21,24-37,59-60H2,1-7H3;1H/b9-8+,12-10+,13-11+,16-14+,17-15+,22-18+,23-19+;/t38-,39-,40-,41+,42+,43+,44-,45-,46+,47+,48-,49-,51+,52-,53+,54+,55-,57-,58+;/m0./s1. The van der Waals surface area contributed by atoms with Crippen LogP contribution in [0.1, 0.15) is 91.9 Å². The molecule has 0 aromatic heterocycles. The summed E-state index contributed by atoms with van der Waals surface area (Å²) in [6.45, 7) is 9.35. The van der Waals surface area contributed by atoms with Crippen LogP contribution in [-0.4, -0.2) is 230 Å². The van der Waals surface area contributed by atoms with Gasteiger partial charge in [0.2, 0.25) is 5.91 Å². The third kappa shape index (κ3) is 26.1. The molecule has 3 heterocycles. The SMILES string of the molecule is C[C@@H]1[C@H](O)[C@@H](C)/C=C/C=C/C=C/C=C/C=C/C=C/C=C/[C@H](O[C@@H]2O[C@H](C)[C@@H](O)[C@H](N(CCCN)CCCN)[C@@H]2O)C[C@@H]2O[C@](O)(C[C@@H](O)C[C@@H](O)[C@H](O)CC[C@@H](O)C[C@@H](O)CC(=O)O[C@H]1C)C[C@H](O)[C@H]2C(=O)NCC[N+](C)(C)C.[Cl-]. The number of allylic oxidation sites excluding steroid dienone is 12. The number of amides is 1. The highest BCUT2D eigenvalue weighted by Crippen LogP contribution is 2.38. The fourth-order valence-electron chi connectivity index (χ4n) is 10.00. The van der Waals surface area contributed by atoms with E-state index in [2.05, 4.69) is 5.32 Å². The van der Waals surface area contributed by atoms with Crippen molar-refractivity contribution in [2.45, 2.75) is 189 Å². The van der Waals surface area contributed by atoms with Gasteiger partial charge in [0.15, 0.2) is 12.1 Å². The number of cyclic esters (lactones) is 1. The number of esters is 1. The lowest BCUT2D eigenvalue weighted by Crippen LogP contribution is -3.00. The molecular formula is C58H100ClN5O16. The average Bonchev–Trinajstić information content (AvgIpc) is 3.36. The van der Waals surface area contributed by atoms with Gasteiger partial charge in [-0.1, -0.05) is 98.9 Å². The number of aliphatic hydroxyl groups is 10. The number of hydrogen-bond acceptors (Lipinski definition) is 19. The Morgan fingerprint density at radius 3 is 1.82 bits per heavy atom. The molecule has 0 radical (unpaired) electrons. The first-order valence-electron chi connectivity index (χ1n) is 28.2. The second-order valence-electron chi connectivity index (χ2n) is 22.8. The van der Waals surface area contributed by atoms with Crippen molar-refractivity contribution in [1.82, 2.24) is 10.2 Å². The number of quaternary nitrogens is 1. The fourth-order valence-corrected chi connectivity index (χ4v) is 10.00. The minimum Gasteiger partial charge on any atom is -1.00 e. The van der Waals surface area contributed by atoms with Crippen molar-refractivity contribution in [2.75, 3.05) is 60.4 Å². The molecule has 0 aliphatic carbocycles. The molecule has 3 aliphatic heterocycles. The Morgan fingerprint density at radius 2 is 1.26 bits per heavy atom. The van der Waals surface area contributed by atoms with Gasteiger partial charge in [0.05, 0.1) is 120 Å².